The Morgan fingerprint density at radius 3 is 2.45 bits per heavy atom. The first-order valence-electron chi connectivity index (χ1n) is 9.74. The molecule has 1 amide bonds. The van der Waals surface area contributed by atoms with E-state index in [0.717, 1.165) is 5.56 Å². The van der Waals surface area contributed by atoms with Crippen molar-refractivity contribution in [2.45, 2.75) is 40.0 Å². The number of ether oxygens (including phenoxy) is 2. The second-order valence-corrected chi connectivity index (χ2v) is 7.85. The number of nitrogens with zero attached hydrogens (tertiary/aromatic N) is 3. The van der Waals surface area contributed by atoms with E-state index in [1.54, 1.807) is 61.0 Å². The number of carbonyl (C=O) groups is 1. The zero-order valence-electron chi connectivity index (χ0n) is 17.6. The molecule has 2 aromatic carbocycles. The van der Waals surface area contributed by atoms with E-state index in [-0.39, 0.29) is 11.6 Å². The predicted molar refractivity (Wildman–Crippen MR) is 114 cm³/mol. The summed E-state index contributed by atoms with van der Waals surface area (Å²) in [6, 6.07) is 12.3. The van der Waals surface area contributed by atoms with Crippen molar-refractivity contribution in [1.82, 2.24) is 9.78 Å². The normalized spacial score (nSPS) is 13.8. The molecule has 0 fully saturated rings. The van der Waals surface area contributed by atoms with E-state index in [1.165, 1.54) is 0 Å². The molecule has 0 atom stereocenters. The first-order valence-corrected chi connectivity index (χ1v) is 9.74. The molecular formula is C22H22N4O5. The molecular weight excluding hydrogens is 400 g/mol. The maximum Gasteiger partial charge on any atom is 0.312 e. The van der Waals surface area contributed by atoms with Gasteiger partial charge in [-0.2, -0.15) is 5.10 Å². The monoisotopic (exact) mass is 422 g/mol. The Labute approximate surface area is 178 Å². The Morgan fingerprint density at radius 2 is 1.81 bits per heavy atom. The molecule has 2 heterocycles. The molecule has 9 heteroatoms. The van der Waals surface area contributed by atoms with Gasteiger partial charge < -0.3 is 14.8 Å². The first-order chi connectivity index (χ1) is 14.6. The van der Waals surface area contributed by atoms with E-state index < -0.39 is 10.7 Å². The third-order valence-corrected chi connectivity index (χ3v) is 4.99. The van der Waals surface area contributed by atoms with Crippen molar-refractivity contribution in [3.8, 4) is 11.5 Å². The smallest absolute Gasteiger partial charge is 0.312 e. The number of anilines is 1. The van der Waals surface area contributed by atoms with Gasteiger partial charge in [0.25, 0.3) is 5.91 Å². The zero-order valence-corrected chi connectivity index (χ0v) is 17.6. The van der Waals surface area contributed by atoms with Crippen LogP contribution in [0.5, 0.6) is 11.5 Å². The van der Waals surface area contributed by atoms with Gasteiger partial charge >= 0.3 is 5.69 Å². The number of fused-ring (bicyclic) bond motifs is 1. The number of carbonyl (C=O) groups excluding carboxylic acids is 1. The lowest BCUT2D eigenvalue weighted by molar-refractivity contribution is -0.386. The summed E-state index contributed by atoms with van der Waals surface area (Å²) in [6.45, 7) is 7.30. The number of nitrogens with one attached hydrogen (secondary N) is 1. The summed E-state index contributed by atoms with van der Waals surface area (Å²) in [7, 11) is 0. The molecule has 4 rings (SSSR count). The van der Waals surface area contributed by atoms with Crippen LogP contribution in [-0.2, 0) is 6.54 Å². The van der Waals surface area contributed by atoms with Gasteiger partial charge in [0.05, 0.1) is 11.5 Å². The minimum absolute atomic E-state index is 0.0307. The highest BCUT2D eigenvalue weighted by molar-refractivity contribution is 6.04. The highest BCUT2D eigenvalue weighted by atomic mass is 16.7. The lowest BCUT2D eigenvalue weighted by Gasteiger charge is -2.16. The molecule has 0 saturated carbocycles. The van der Waals surface area contributed by atoms with Crippen LogP contribution < -0.4 is 14.8 Å². The van der Waals surface area contributed by atoms with Crippen molar-refractivity contribution in [2.75, 3.05) is 5.32 Å². The second-order valence-electron chi connectivity index (χ2n) is 7.85. The Hall–Kier alpha value is -3.88. The van der Waals surface area contributed by atoms with E-state index in [2.05, 4.69) is 10.4 Å². The quantitative estimate of drug-likeness (QED) is 0.487. The van der Waals surface area contributed by atoms with Crippen LogP contribution >= 0.6 is 0 Å². The summed E-state index contributed by atoms with van der Waals surface area (Å²) in [5.41, 5.74) is 2.87. The van der Waals surface area contributed by atoms with Gasteiger partial charge in [0.15, 0.2) is 11.5 Å². The van der Waals surface area contributed by atoms with Gasteiger partial charge in [-0.15, -0.1) is 0 Å². The van der Waals surface area contributed by atoms with Gasteiger partial charge in [-0.1, -0.05) is 12.1 Å². The number of hydrogen-bond acceptors (Lipinski definition) is 6. The second kappa shape index (κ2) is 7.42. The fourth-order valence-electron chi connectivity index (χ4n) is 3.54. The number of aryl methyl sites for hydroxylation is 1. The van der Waals surface area contributed by atoms with E-state index in [1.807, 2.05) is 13.8 Å². The van der Waals surface area contributed by atoms with Crippen LogP contribution in [0.15, 0.2) is 42.5 Å². The van der Waals surface area contributed by atoms with Crippen molar-refractivity contribution >= 4 is 17.3 Å². The average Bonchev–Trinajstić information content (AvgIpc) is 3.15. The first kappa shape index (κ1) is 20.4. The van der Waals surface area contributed by atoms with Crippen molar-refractivity contribution < 1.29 is 19.2 Å². The molecule has 160 valence electrons. The highest BCUT2D eigenvalue weighted by Crippen LogP contribution is 2.40. The molecule has 0 radical (unpaired) electrons. The molecule has 3 aromatic rings. The lowest BCUT2D eigenvalue weighted by atomic mass is 10.1. The van der Waals surface area contributed by atoms with Crippen LogP contribution in [0.2, 0.25) is 0 Å². The maximum absolute atomic E-state index is 12.6. The molecule has 0 saturated heterocycles. The Morgan fingerprint density at radius 1 is 1.13 bits per heavy atom. The van der Waals surface area contributed by atoms with Crippen LogP contribution in [0.1, 0.15) is 41.2 Å². The minimum Gasteiger partial charge on any atom is -0.449 e. The molecule has 0 unspecified atom stereocenters. The van der Waals surface area contributed by atoms with Gasteiger partial charge in [0.1, 0.15) is 11.4 Å². The summed E-state index contributed by atoms with van der Waals surface area (Å²) in [5, 5.41) is 18.3. The van der Waals surface area contributed by atoms with Crippen molar-refractivity contribution in [3.05, 3.63) is 75.1 Å². The summed E-state index contributed by atoms with van der Waals surface area (Å²) in [6.07, 6.45) is 0. The number of hydrogen-bond donors (Lipinski definition) is 1. The maximum atomic E-state index is 12.6. The Kier molecular flexibility index (Phi) is 4.88. The van der Waals surface area contributed by atoms with Gasteiger partial charge in [0, 0.05) is 31.2 Å². The topological polar surface area (TPSA) is 109 Å². The summed E-state index contributed by atoms with van der Waals surface area (Å²) >= 11 is 0. The summed E-state index contributed by atoms with van der Waals surface area (Å²) < 4.78 is 13.0. The highest BCUT2D eigenvalue weighted by Gasteiger charge is 2.31. The molecule has 1 N–H and O–H groups in total. The fourth-order valence-corrected chi connectivity index (χ4v) is 3.54. The molecule has 1 aliphatic rings. The molecule has 31 heavy (non-hydrogen) atoms. The zero-order chi connectivity index (χ0) is 22.3. The van der Waals surface area contributed by atoms with Crippen molar-refractivity contribution in [3.63, 3.8) is 0 Å². The number of benzene rings is 2. The van der Waals surface area contributed by atoms with Gasteiger partial charge in [0.2, 0.25) is 5.79 Å². The molecule has 1 aliphatic heterocycles. The summed E-state index contributed by atoms with van der Waals surface area (Å²) in [4.78, 5) is 23.4. The summed E-state index contributed by atoms with van der Waals surface area (Å²) in [5.74, 6) is 0.229. The van der Waals surface area contributed by atoms with Gasteiger partial charge in [-0.05, 0) is 43.7 Å². The number of aromatic nitrogens is 2. The molecule has 9 nitrogen and oxygen atoms in total. The molecule has 1 aromatic heterocycles. The van der Waals surface area contributed by atoms with Crippen LogP contribution in [-0.4, -0.2) is 26.4 Å². The van der Waals surface area contributed by atoms with Crippen molar-refractivity contribution in [2.24, 2.45) is 0 Å². The van der Waals surface area contributed by atoms with Crippen LogP contribution in [0.3, 0.4) is 0 Å². The third-order valence-electron chi connectivity index (χ3n) is 4.99. The molecule has 0 spiro atoms. The number of rotatable bonds is 5. The van der Waals surface area contributed by atoms with E-state index in [0.29, 0.717) is 40.7 Å². The van der Waals surface area contributed by atoms with Crippen LogP contribution in [0.4, 0.5) is 11.4 Å². The third kappa shape index (κ3) is 4.07. The molecule has 0 aliphatic carbocycles. The standard InChI is InChI=1S/C22H22N4O5/c1-13-20(26(28)29)14(2)25(24-13)12-15-5-7-16(8-6-15)21(27)23-17-9-10-18-19(11-17)31-22(3,4)30-18/h5-11H,12H2,1-4H3,(H,23,27). The van der Waals surface area contributed by atoms with Crippen LogP contribution in [0.25, 0.3) is 0 Å². The largest absolute Gasteiger partial charge is 0.449 e. The SMILES string of the molecule is Cc1nn(Cc2ccc(C(=O)Nc3ccc4c(c3)OC(C)(C)O4)cc2)c(C)c1[N+](=O)[O-]. The minimum atomic E-state index is -0.729. The predicted octanol–water partition coefficient (Wildman–Crippen LogP) is 4.22. The fraction of sp³-hybridized carbons (Fsp3) is 0.273. The number of amides is 1. The van der Waals surface area contributed by atoms with Gasteiger partial charge in [-0.25, -0.2) is 0 Å². The van der Waals surface area contributed by atoms with E-state index >= 15 is 0 Å². The lowest BCUT2D eigenvalue weighted by Crippen LogP contribution is -2.29. The van der Waals surface area contributed by atoms with E-state index in [4.69, 9.17) is 9.47 Å². The Bertz CT molecular complexity index is 1180. The van der Waals surface area contributed by atoms with Crippen molar-refractivity contribution in [1.29, 1.82) is 0 Å². The Balaban J connectivity index is 1.45. The van der Waals surface area contributed by atoms with E-state index in [9.17, 15) is 14.9 Å². The average molecular weight is 422 g/mol. The molecule has 0 bridgehead atoms. The van der Waals surface area contributed by atoms with Gasteiger partial charge in [-0.3, -0.25) is 19.6 Å². The number of nitro groups is 1. The van der Waals surface area contributed by atoms with Crippen LogP contribution in [0, 0.1) is 24.0 Å².